The maximum atomic E-state index is 13.7. The molecule has 0 fully saturated rings. The summed E-state index contributed by atoms with van der Waals surface area (Å²) in [5.41, 5.74) is 2.05. The van der Waals surface area contributed by atoms with Crippen LogP contribution in [0.2, 0.25) is 0 Å². The van der Waals surface area contributed by atoms with Crippen molar-refractivity contribution >= 4 is 51.1 Å². The van der Waals surface area contributed by atoms with Gasteiger partial charge >= 0.3 is 0 Å². The van der Waals surface area contributed by atoms with Crippen LogP contribution in [-0.2, 0) is 28.7 Å². The molecule has 1 heterocycles. The molecule has 2 rings (SSSR count). The van der Waals surface area contributed by atoms with Crippen molar-refractivity contribution in [2.24, 2.45) is 4.99 Å². The molecule has 1 aromatic carbocycles. The largest absolute Gasteiger partial charge is 0.357 e. The Kier molecular flexibility index (Phi) is 10.5. The summed E-state index contributed by atoms with van der Waals surface area (Å²) in [7, 11) is -3.22. The lowest BCUT2D eigenvalue weighted by molar-refractivity contribution is 0.600. The molecule has 10 heteroatoms. The Morgan fingerprint density at radius 2 is 2.00 bits per heavy atom. The molecule has 2 aromatic rings. The average molecular weight is 554 g/mol. The van der Waals surface area contributed by atoms with Crippen LogP contribution in [0.15, 0.2) is 28.6 Å². The fourth-order valence-electron chi connectivity index (χ4n) is 2.51. The summed E-state index contributed by atoms with van der Waals surface area (Å²) in [6.45, 7) is 7.53. The first-order chi connectivity index (χ1) is 13.2. The topological polar surface area (TPSA) is 83.5 Å². The minimum atomic E-state index is -3.22. The Hall–Kier alpha value is -1.27. The smallest absolute Gasteiger partial charge is 0.191 e. The van der Waals surface area contributed by atoms with E-state index in [9.17, 15) is 12.8 Å². The maximum Gasteiger partial charge on any atom is 0.191 e. The highest BCUT2D eigenvalue weighted by Gasteiger charge is 2.11. The molecule has 6 nitrogen and oxygen atoms in total. The molecule has 0 aliphatic heterocycles. The third-order valence-electron chi connectivity index (χ3n) is 3.84. The van der Waals surface area contributed by atoms with E-state index in [0.717, 1.165) is 17.0 Å². The number of aromatic nitrogens is 1. The maximum absolute atomic E-state index is 13.7. The number of aliphatic imine (C=N–C) groups is 1. The Balaban J connectivity index is 0.00000420. The average Bonchev–Trinajstić information content (AvgIpc) is 3.07. The number of nitrogens with zero attached hydrogens (tertiary/aromatic N) is 2. The Labute approximate surface area is 193 Å². The molecule has 0 saturated heterocycles. The van der Waals surface area contributed by atoms with Gasteiger partial charge in [-0.1, -0.05) is 19.9 Å². The number of halogens is 2. The molecule has 0 aliphatic carbocycles. The monoisotopic (exact) mass is 554 g/mol. The zero-order valence-corrected chi connectivity index (χ0v) is 21.0. The number of thiazole rings is 1. The molecule has 0 unspecified atom stereocenters. The molecule has 0 radical (unpaired) electrons. The van der Waals surface area contributed by atoms with E-state index in [1.807, 2.05) is 12.3 Å². The van der Waals surface area contributed by atoms with Crippen molar-refractivity contribution in [3.05, 3.63) is 51.2 Å². The van der Waals surface area contributed by atoms with E-state index in [1.165, 1.54) is 18.2 Å². The number of hydrogen-bond donors (Lipinski definition) is 2. The molecule has 0 bridgehead atoms. The summed E-state index contributed by atoms with van der Waals surface area (Å²) >= 11 is 1.63. The summed E-state index contributed by atoms with van der Waals surface area (Å²) < 4.78 is 36.9. The van der Waals surface area contributed by atoms with Gasteiger partial charge in [-0.2, -0.15) is 0 Å². The van der Waals surface area contributed by atoms with Gasteiger partial charge in [0.15, 0.2) is 15.8 Å². The van der Waals surface area contributed by atoms with Crippen LogP contribution in [0, 0.1) is 5.82 Å². The van der Waals surface area contributed by atoms with Gasteiger partial charge in [-0.05, 0) is 30.2 Å². The summed E-state index contributed by atoms with van der Waals surface area (Å²) in [6.07, 6.45) is 1.16. The SMILES string of the molecule is CCNC(=NCc1cc(F)ccc1CS(C)(=O)=O)NCc1csc(C(C)C)n1.I. The number of rotatable bonds is 8. The van der Waals surface area contributed by atoms with Crippen molar-refractivity contribution < 1.29 is 12.8 Å². The van der Waals surface area contributed by atoms with Gasteiger partial charge in [0.2, 0.25) is 0 Å². The van der Waals surface area contributed by atoms with Gasteiger partial charge in [-0.15, -0.1) is 35.3 Å². The van der Waals surface area contributed by atoms with Gasteiger partial charge in [0, 0.05) is 24.1 Å². The summed E-state index contributed by atoms with van der Waals surface area (Å²) in [6, 6.07) is 4.11. The van der Waals surface area contributed by atoms with Crippen molar-refractivity contribution in [2.45, 2.75) is 45.5 Å². The van der Waals surface area contributed by atoms with E-state index in [4.69, 9.17) is 0 Å². The predicted octanol–water partition coefficient (Wildman–Crippen LogP) is 3.82. The van der Waals surface area contributed by atoms with E-state index < -0.39 is 15.7 Å². The Morgan fingerprint density at radius 1 is 1.28 bits per heavy atom. The number of hydrogen-bond acceptors (Lipinski definition) is 5. The van der Waals surface area contributed by atoms with Gasteiger partial charge in [0.25, 0.3) is 0 Å². The van der Waals surface area contributed by atoms with E-state index in [1.54, 1.807) is 11.3 Å². The lowest BCUT2D eigenvalue weighted by atomic mass is 10.1. The van der Waals surface area contributed by atoms with Crippen LogP contribution in [0.25, 0.3) is 0 Å². The van der Waals surface area contributed by atoms with Crippen LogP contribution >= 0.6 is 35.3 Å². The zero-order chi connectivity index (χ0) is 20.7. The van der Waals surface area contributed by atoms with Crippen molar-refractivity contribution in [2.75, 3.05) is 12.8 Å². The van der Waals surface area contributed by atoms with Gasteiger partial charge in [-0.25, -0.2) is 22.8 Å². The summed E-state index contributed by atoms with van der Waals surface area (Å²) in [4.78, 5) is 9.06. The molecular weight excluding hydrogens is 526 g/mol. The number of benzene rings is 1. The van der Waals surface area contributed by atoms with Gasteiger partial charge in [0.1, 0.15) is 5.82 Å². The minimum Gasteiger partial charge on any atom is -0.357 e. The second-order valence-electron chi connectivity index (χ2n) is 6.86. The zero-order valence-electron chi connectivity index (χ0n) is 17.0. The van der Waals surface area contributed by atoms with Gasteiger partial charge in [-0.3, -0.25) is 0 Å². The van der Waals surface area contributed by atoms with Crippen LogP contribution in [0.4, 0.5) is 4.39 Å². The van der Waals surface area contributed by atoms with Crippen LogP contribution in [-0.4, -0.2) is 32.2 Å². The predicted molar refractivity (Wildman–Crippen MR) is 128 cm³/mol. The van der Waals surface area contributed by atoms with Crippen LogP contribution in [0.5, 0.6) is 0 Å². The molecule has 162 valence electrons. The van der Waals surface area contributed by atoms with Crippen LogP contribution < -0.4 is 10.6 Å². The summed E-state index contributed by atoms with van der Waals surface area (Å²) in [5, 5.41) is 9.45. The van der Waals surface area contributed by atoms with Crippen molar-refractivity contribution in [1.82, 2.24) is 15.6 Å². The Morgan fingerprint density at radius 3 is 2.59 bits per heavy atom. The second kappa shape index (κ2) is 11.8. The molecular formula is C19H28FIN4O2S2. The third-order valence-corrected chi connectivity index (χ3v) is 5.87. The Bertz CT molecular complexity index is 930. The molecule has 0 amide bonds. The molecule has 0 spiro atoms. The van der Waals surface area contributed by atoms with E-state index in [0.29, 0.717) is 36.1 Å². The van der Waals surface area contributed by atoms with Crippen molar-refractivity contribution in [1.29, 1.82) is 0 Å². The lowest BCUT2D eigenvalue weighted by Crippen LogP contribution is -2.36. The third kappa shape index (κ3) is 8.95. The van der Waals surface area contributed by atoms with Gasteiger partial charge in [0.05, 0.1) is 29.5 Å². The van der Waals surface area contributed by atoms with Gasteiger partial charge < -0.3 is 10.6 Å². The highest BCUT2D eigenvalue weighted by atomic mass is 127. The molecule has 0 atom stereocenters. The van der Waals surface area contributed by atoms with Crippen LogP contribution in [0.3, 0.4) is 0 Å². The summed E-state index contributed by atoms with van der Waals surface area (Å²) in [5.74, 6) is 0.404. The van der Waals surface area contributed by atoms with E-state index in [2.05, 4.69) is 34.5 Å². The number of guanidine groups is 1. The highest BCUT2D eigenvalue weighted by molar-refractivity contribution is 14.0. The van der Waals surface area contributed by atoms with Crippen molar-refractivity contribution in [3.63, 3.8) is 0 Å². The first-order valence-corrected chi connectivity index (χ1v) is 12.0. The minimum absolute atomic E-state index is 0. The standard InChI is InChI=1S/C19H27FN4O2S2.HI/c1-5-21-19(23-10-17-11-27-18(24-17)13(2)3)22-9-15-8-16(20)7-6-14(15)12-28(4,25)26;/h6-8,11,13H,5,9-10,12H2,1-4H3,(H2,21,22,23);1H. The van der Waals surface area contributed by atoms with E-state index in [-0.39, 0.29) is 36.3 Å². The molecule has 2 N–H and O–H groups in total. The molecule has 0 aliphatic rings. The first-order valence-electron chi connectivity index (χ1n) is 9.09. The molecule has 1 aromatic heterocycles. The second-order valence-corrected chi connectivity index (χ2v) is 9.89. The highest BCUT2D eigenvalue weighted by Crippen LogP contribution is 2.19. The fourth-order valence-corrected chi connectivity index (χ4v) is 4.20. The molecule has 0 saturated carbocycles. The normalized spacial score (nSPS) is 12.0. The van der Waals surface area contributed by atoms with Crippen molar-refractivity contribution in [3.8, 4) is 0 Å². The van der Waals surface area contributed by atoms with Crippen LogP contribution in [0.1, 0.15) is 48.5 Å². The first kappa shape index (κ1) is 25.8. The number of sulfone groups is 1. The number of nitrogens with one attached hydrogen (secondary N) is 2. The fraction of sp³-hybridized carbons (Fsp3) is 0.474. The lowest BCUT2D eigenvalue weighted by Gasteiger charge is -2.12. The molecule has 29 heavy (non-hydrogen) atoms. The quantitative estimate of drug-likeness (QED) is 0.295. The van der Waals surface area contributed by atoms with E-state index >= 15 is 0 Å².